The highest BCUT2D eigenvalue weighted by Gasteiger charge is 2.22. The Balaban J connectivity index is 1.53. The zero-order chi connectivity index (χ0) is 19.5. The molecule has 0 bridgehead atoms. The minimum Gasteiger partial charge on any atom is -0.479 e. The fourth-order valence-corrected chi connectivity index (χ4v) is 3.16. The number of ether oxygens (including phenoxy) is 1. The van der Waals surface area contributed by atoms with E-state index in [0.29, 0.717) is 31.0 Å². The molecule has 28 heavy (non-hydrogen) atoms. The van der Waals surface area contributed by atoms with Crippen LogP contribution in [0.1, 0.15) is 28.0 Å². The Morgan fingerprint density at radius 2 is 2.04 bits per heavy atom. The van der Waals surface area contributed by atoms with Gasteiger partial charge in [-0.2, -0.15) is 0 Å². The standard InChI is InChI=1S/C20H19N5O3/c1-28-20-18(23-24-25(20)12-13-5-3-2-4-6-13)19(27)21-15-8-9-16-14(11-15)7-10-17(26)22-16/h2-6,8-9,11H,7,10,12H2,1H3,(H,21,27)(H,22,26). The van der Waals surface area contributed by atoms with Gasteiger partial charge in [0.05, 0.1) is 13.7 Å². The fourth-order valence-electron chi connectivity index (χ4n) is 3.16. The van der Waals surface area contributed by atoms with E-state index in [4.69, 9.17) is 4.74 Å². The van der Waals surface area contributed by atoms with Gasteiger partial charge in [-0.15, -0.1) is 5.10 Å². The topological polar surface area (TPSA) is 98.1 Å². The predicted octanol–water partition coefficient (Wildman–Crippen LogP) is 2.47. The molecule has 1 aromatic heterocycles. The Morgan fingerprint density at radius 3 is 2.82 bits per heavy atom. The summed E-state index contributed by atoms with van der Waals surface area (Å²) in [6, 6.07) is 15.1. The number of aromatic nitrogens is 3. The van der Waals surface area contributed by atoms with Gasteiger partial charge < -0.3 is 15.4 Å². The molecule has 4 rings (SSSR count). The minimum absolute atomic E-state index is 0.00375. The smallest absolute Gasteiger partial charge is 0.281 e. The fraction of sp³-hybridized carbons (Fsp3) is 0.200. The van der Waals surface area contributed by atoms with Crippen LogP contribution in [0.3, 0.4) is 0 Å². The molecule has 0 spiro atoms. The quantitative estimate of drug-likeness (QED) is 0.712. The molecule has 0 fully saturated rings. The van der Waals surface area contributed by atoms with Crippen molar-refractivity contribution in [1.82, 2.24) is 15.0 Å². The Hall–Kier alpha value is -3.68. The molecule has 2 aromatic carbocycles. The highest BCUT2D eigenvalue weighted by molar-refractivity contribution is 6.04. The van der Waals surface area contributed by atoms with Crippen LogP contribution >= 0.6 is 0 Å². The SMILES string of the molecule is COc1c(C(=O)Nc2ccc3c(c2)CCC(=O)N3)nnn1Cc1ccccc1. The second-order valence-electron chi connectivity index (χ2n) is 6.46. The summed E-state index contributed by atoms with van der Waals surface area (Å²) in [5.74, 6) is -0.105. The molecule has 1 aliphatic rings. The summed E-state index contributed by atoms with van der Waals surface area (Å²) >= 11 is 0. The van der Waals surface area contributed by atoms with E-state index < -0.39 is 5.91 Å². The lowest BCUT2D eigenvalue weighted by atomic mass is 10.0. The number of methoxy groups -OCH3 is 1. The summed E-state index contributed by atoms with van der Waals surface area (Å²) in [5.41, 5.74) is 3.52. The van der Waals surface area contributed by atoms with Crippen LogP contribution in [0.5, 0.6) is 5.88 Å². The van der Waals surface area contributed by atoms with E-state index in [-0.39, 0.29) is 11.6 Å². The number of hydrogen-bond acceptors (Lipinski definition) is 5. The molecule has 0 unspecified atom stereocenters. The van der Waals surface area contributed by atoms with Crippen LogP contribution in [0.2, 0.25) is 0 Å². The first-order valence-electron chi connectivity index (χ1n) is 8.89. The number of anilines is 2. The van der Waals surface area contributed by atoms with Crippen molar-refractivity contribution in [3.8, 4) is 5.88 Å². The highest BCUT2D eigenvalue weighted by Crippen LogP contribution is 2.26. The van der Waals surface area contributed by atoms with E-state index in [2.05, 4.69) is 20.9 Å². The number of hydrogen-bond donors (Lipinski definition) is 2. The summed E-state index contributed by atoms with van der Waals surface area (Å²) in [7, 11) is 1.48. The normalized spacial score (nSPS) is 12.8. The number of fused-ring (bicyclic) bond motifs is 1. The number of nitrogens with zero attached hydrogens (tertiary/aromatic N) is 3. The number of carbonyl (C=O) groups excluding carboxylic acids is 2. The van der Waals surface area contributed by atoms with Crippen LogP contribution in [0.4, 0.5) is 11.4 Å². The lowest BCUT2D eigenvalue weighted by Gasteiger charge is -2.17. The van der Waals surface area contributed by atoms with Crippen LogP contribution in [-0.2, 0) is 17.8 Å². The van der Waals surface area contributed by atoms with E-state index in [1.165, 1.54) is 7.11 Å². The Kier molecular flexibility index (Phi) is 4.76. The van der Waals surface area contributed by atoms with Crippen molar-refractivity contribution < 1.29 is 14.3 Å². The van der Waals surface area contributed by atoms with Gasteiger partial charge >= 0.3 is 0 Å². The molecule has 8 heteroatoms. The van der Waals surface area contributed by atoms with Crippen LogP contribution in [0, 0.1) is 0 Å². The van der Waals surface area contributed by atoms with Gasteiger partial charge in [0, 0.05) is 17.8 Å². The average molecular weight is 377 g/mol. The van der Waals surface area contributed by atoms with Crippen molar-refractivity contribution in [2.45, 2.75) is 19.4 Å². The van der Waals surface area contributed by atoms with E-state index in [1.807, 2.05) is 36.4 Å². The largest absolute Gasteiger partial charge is 0.479 e. The molecule has 3 aromatic rings. The summed E-state index contributed by atoms with van der Waals surface area (Å²) in [6.07, 6.45) is 1.08. The average Bonchev–Trinajstić information content (AvgIpc) is 3.11. The van der Waals surface area contributed by atoms with Gasteiger partial charge in [0.2, 0.25) is 17.5 Å². The Bertz CT molecular complexity index is 1030. The zero-order valence-corrected chi connectivity index (χ0v) is 15.3. The highest BCUT2D eigenvalue weighted by atomic mass is 16.5. The van der Waals surface area contributed by atoms with Crippen molar-refractivity contribution in [2.24, 2.45) is 0 Å². The van der Waals surface area contributed by atoms with Crippen molar-refractivity contribution in [3.05, 3.63) is 65.4 Å². The second-order valence-corrected chi connectivity index (χ2v) is 6.46. The molecular weight excluding hydrogens is 358 g/mol. The first-order valence-corrected chi connectivity index (χ1v) is 8.89. The lowest BCUT2D eigenvalue weighted by molar-refractivity contribution is -0.116. The van der Waals surface area contributed by atoms with Crippen LogP contribution < -0.4 is 15.4 Å². The summed E-state index contributed by atoms with van der Waals surface area (Å²) in [4.78, 5) is 24.2. The van der Waals surface area contributed by atoms with Crippen molar-refractivity contribution in [1.29, 1.82) is 0 Å². The third-order valence-corrected chi connectivity index (χ3v) is 4.53. The third-order valence-electron chi connectivity index (χ3n) is 4.53. The van der Waals surface area contributed by atoms with Crippen molar-refractivity contribution in [2.75, 3.05) is 17.7 Å². The van der Waals surface area contributed by atoms with Crippen molar-refractivity contribution >= 4 is 23.2 Å². The molecule has 0 atom stereocenters. The molecule has 2 amide bonds. The molecule has 0 saturated heterocycles. The predicted molar refractivity (Wildman–Crippen MR) is 103 cm³/mol. The maximum atomic E-state index is 12.7. The maximum absolute atomic E-state index is 12.7. The molecule has 142 valence electrons. The first kappa shape index (κ1) is 17.7. The van der Waals surface area contributed by atoms with E-state index in [9.17, 15) is 9.59 Å². The summed E-state index contributed by atoms with van der Waals surface area (Å²) < 4.78 is 6.93. The molecule has 2 heterocycles. The number of benzene rings is 2. The van der Waals surface area contributed by atoms with E-state index in [0.717, 1.165) is 16.8 Å². The number of carbonyl (C=O) groups is 2. The van der Waals surface area contributed by atoms with Crippen molar-refractivity contribution in [3.63, 3.8) is 0 Å². The van der Waals surface area contributed by atoms with Gasteiger partial charge in [0.15, 0.2) is 0 Å². The van der Waals surface area contributed by atoms with Gasteiger partial charge in [0.1, 0.15) is 0 Å². The van der Waals surface area contributed by atoms with E-state index in [1.54, 1.807) is 16.8 Å². The number of aryl methyl sites for hydroxylation is 1. The van der Waals surface area contributed by atoms with Crippen LogP contribution in [0.15, 0.2) is 48.5 Å². The minimum atomic E-state index is -0.407. The molecule has 0 saturated carbocycles. The van der Waals surface area contributed by atoms with Gasteiger partial charge in [-0.1, -0.05) is 35.5 Å². The first-order chi connectivity index (χ1) is 13.6. The van der Waals surface area contributed by atoms with Crippen LogP contribution in [0.25, 0.3) is 0 Å². The van der Waals surface area contributed by atoms with Gasteiger partial charge in [-0.3, -0.25) is 9.59 Å². The molecule has 8 nitrogen and oxygen atoms in total. The molecule has 0 aliphatic carbocycles. The number of amides is 2. The number of nitrogens with one attached hydrogen (secondary N) is 2. The second kappa shape index (κ2) is 7.51. The molecule has 0 radical (unpaired) electrons. The maximum Gasteiger partial charge on any atom is 0.281 e. The molecular formula is C20H19N5O3. The monoisotopic (exact) mass is 377 g/mol. The van der Waals surface area contributed by atoms with Gasteiger partial charge in [-0.05, 0) is 35.7 Å². The summed E-state index contributed by atoms with van der Waals surface area (Å²) in [6.45, 7) is 0.447. The summed E-state index contributed by atoms with van der Waals surface area (Å²) in [5, 5.41) is 13.7. The van der Waals surface area contributed by atoms with Crippen LogP contribution in [-0.4, -0.2) is 33.9 Å². The third kappa shape index (κ3) is 3.57. The molecule has 1 aliphatic heterocycles. The lowest BCUT2D eigenvalue weighted by Crippen LogP contribution is -2.19. The Morgan fingerprint density at radius 1 is 1.21 bits per heavy atom. The zero-order valence-electron chi connectivity index (χ0n) is 15.3. The number of rotatable bonds is 5. The van der Waals surface area contributed by atoms with Gasteiger partial charge in [0.25, 0.3) is 5.91 Å². The Labute approximate surface area is 161 Å². The van der Waals surface area contributed by atoms with Gasteiger partial charge in [-0.25, -0.2) is 4.68 Å². The molecule has 2 N–H and O–H groups in total. The van der Waals surface area contributed by atoms with E-state index >= 15 is 0 Å².